The van der Waals surface area contributed by atoms with Gasteiger partial charge >= 0.3 is 6.18 Å². The van der Waals surface area contributed by atoms with Crippen LogP contribution in [0.1, 0.15) is 56.2 Å². The summed E-state index contributed by atoms with van der Waals surface area (Å²) < 4.78 is 43.7. The van der Waals surface area contributed by atoms with E-state index in [4.69, 9.17) is 10.5 Å². The van der Waals surface area contributed by atoms with Crippen molar-refractivity contribution in [1.29, 1.82) is 0 Å². The Kier molecular flexibility index (Phi) is 9.83. The van der Waals surface area contributed by atoms with Crippen LogP contribution in [0.2, 0.25) is 0 Å². The third kappa shape index (κ3) is 7.46. The topological polar surface area (TPSA) is 47.3 Å². The molecule has 0 radical (unpaired) electrons. The number of nitrogens with two attached hydrogens (primary N) is 1. The van der Waals surface area contributed by atoms with E-state index in [2.05, 4.69) is 66.3 Å². The number of unbranched alkanes of at least 4 members (excludes halogenated alkanes) is 1. The van der Waals surface area contributed by atoms with Gasteiger partial charge < -0.3 is 15.8 Å². The van der Waals surface area contributed by atoms with E-state index in [0.717, 1.165) is 12.8 Å². The molecule has 0 atom stereocenters. The zero-order valence-corrected chi connectivity index (χ0v) is 19.2. The summed E-state index contributed by atoms with van der Waals surface area (Å²) in [4.78, 5) is 0. The van der Waals surface area contributed by atoms with Gasteiger partial charge in [-0.25, -0.2) is 0 Å². The van der Waals surface area contributed by atoms with Crippen LogP contribution in [-0.2, 0) is 6.18 Å². The number of benzene rings is 2. The Morgan fingerprint density at radius 2 is 1.76 bits per heavy atom. The smallest absolute Gasteiger partial charge is 0.419 e. The predicted molar refractivity (Wildman–Crippen MR) is 119 cm³/mol. The molecule has 29 heavy (non-hydrogen) atoms. The van der Waals surface area contributed by atoms with E-state index in [0.29, 0.717) is 12.5 Å². The molecule has 2 aromatic rings. The highest BCUT2D eigenvalue weighted by Gasteiger charge is 2.37. The lowest BCUT2D eigenvalue weighted by atomic mass is 10.0. The number of methoxy groups -OCH3 is 1. The van der Waals surface area contributed by atoms with Gasteiger partial charge in [0.15, 0.2) is 0 Å². The molecule has 7 heteroatoms. The Morgan fingerprint density at radius 3 is 2.21 bits per heavy atom. The average molecular weight is 475 g/mol. The molecule has 0 unspecified atom stereocenters. The molecule has 0 aliphatic carbocycles. The molecule has 3 nitrogen and oxygen atoms in total. The molecule has 0 heterocycles. The summed E-state index contributed by atoms with van der Waals surface area (Å²) in [6, 6.07) is 9.98. The zero-order chi connectivity index (χ0) is 22.2. The van der Waals surface area contributed by atoms with Gasteiger partial charge in [0, 0.05) is 11.0 Å². The molecule has 0 saturated heterocycles. The van der Waals surface area contributed by atoms with Gasteiger partial charge in [0.25, 0.3) is 0 Å². The highest BCUT2D eigenvalue weighted by Crippen LogP contribution is 2.46. The van der Waals surface area contributed by atoms with E-state index < -0.39 is 11.7 Å². The molecule has 0 spiro atoms. The maximum atomic E-state index is 12.9. The van der Waals surface area contributed by atoms with Crippen LogP contribution in [-0.4, -0.2) is 13.7 Å². The minimum atomic E-state index is -4.52. The number of nitrogens with one attached hydrogen (secondary N) is 1. The van der Waals surface area contributed by atoms with Crippen LogP contribution in [0.5, 0.6) is 5.75 Å². The zero-order valence-electron chi connectivity index (χ0n) is 17.6. The van der Waals surface area contributed by atoms with Crippen molar-refractivity contribution in [2.45, 2.75) is 52.6 Å². The van der Waals surface area contributed by atoms with Gasteiger partial charge in [-0.05, 0) is 46.8 Å². The molecule has 2 aromatic carbocycles. The second kappa shape index (κ2) is 11.3. The number of alkyl halides is 3. The number of nitrogen functional groups attached to an aromatic ring is 1. The highest BCUT2D eigenvalue weighted by atomic mass is 79.9. The summed E-state index contributed by atoms with van der Waals surface area (Å²) in [5.74, 6) is 0.939. The summed E-state index contributed by atoms with van der Waals surface area (Å²) in [7, 11) is 1.39. The number of ether oxygens (including phenoxy) is 1. The van der Waals surface area contributed by atoms with Crippen molar-refractivity contribution >= 4 is 27.3 Å². The molecule has 2 rings (SSSR count). The first-order valence-corrected chi connectivity index (χ1v) is 10.4. The normalized spacial score (nSPS) is 11.1. The van der Waals surface area contributed by atoms with Gasteiger partial charge in [0.05, 0.1) is 18.4 Å². The van der Waals surface area contributed by atoms with Gasteiger partial charge in [-0.1, -0.05) is 57.0 Å². The molecule has 0 aromatic heterocycles. The largest absolute Gasteiger partial charge is 0.494 e. The van der Waals surface area contributed by atoms with Gasteiger partial charge in [0.1, 0.15) is 11.4 Å². The van der Waals surface area contributed by atoms with E-state index in [-0.39, 0.29) is 21.6 Å². The van der Waals surface area contributed by atoms with Crippen LogP contribution in [0, 0.1) is 6.92 Å². The first-order chi connectivity index (χ1) is 13.5. The number of halogens is 4. The van der Waals surface area contributed by atoms with Crippen molar-refractivity contribution in [2.75, 3.05) is 24.7 Å². The van der Waals surface area contributed by atoms with Crippen LogP contribution in [0.4, 0.5) is 24.5 Å². The molecule has 0 aliphatic heterocycles. The predicted octanol–water partition coefficient (Wildman–Crippen LogP) is 7.39. The number of hydrogen-bond acceptors (Lipinski definition) is 3. The highest BCUT2D eigenvalue weighted by molar-refractivity contribution is 9.10. The SMILES string of the molecule is CCCCNc1c(OC)cc(Br)c(C(F)(F)F)c1N.Cc1ccc(C(C)C)cc1. The maximum Gasteiger partial charge on any atom is 0.419 e. The maximum absolute atomic E-state index is 12.9. The van der Waals surface area contributed by atoms with E-state index >= 15 is 0 Å². The van der Waals surface area contributed by atoms with Crippen LogP contribution >= 0.6 is 15.9 Å². The minimum absolute atomic E-state index is 0.129. The van der Waals surface area contributed by atoms with Gasteiger partial charge in [-0.15, -0.1) is 0 Å². The monoisotopic (exact) mass is 474 g/mol. The molecular formula is C22H30BrF3N2O. The van der Waals surface area contributed by atoms with Crippen molar-refractivity contribution in [3.8, 4) is 5.75 Å². The lowest BCUT2D eigenvalue weighted by Crippen LogP contribution is -2.14. The third-order valence-electron chi connectivity index (χ3n) is 4.36. The lowest BCUT2D eigenvalue weighted by molar-refractivity contribution is -0.137. The molecule has 0 bridgehead atoms. The number of hydrogen-bond donors (Lipinski definition) is 2. The van der Waals surface area contributed by atoms with Crippen molar-refractivity contribution in [3.05, 3.63) is 51.5 Å². The second-order valence-electron chi connectivity index (χ2n) is 7.07. The Labute approximate surface area is 180 Å². The summed E-state index contributed by atoms with van der Waals surface area (Å²) in [5, 5.41) is 2.90. The number of aryl methyl sites for hydroxylation is 1. The fourth-order valence-corrected chi connectivity index (χ4v) is 3.27. The lowest BCUT2D eigenvalue weighted by Gasteiger charge is -2.19. The molecule has 0 amide bonds. The third-order valence-corrected chi connectivity index (χ3v) is 4.99. The van der Waals surface area contributed by atoms with Crippen molar-refractivity contribution in [2.24, 2.45) is 0 Å². The second-order valence-corrected chi connectivity index (χ2v) is 7.92. The number of anilines is 2. The summed E-state index contributed by atoms with van der Waals surface area (Å²) in [6.07, 6.45) is -2.76. The number of rotatable bonds is 6. The van der Waals surface area contributed by atoms with Gasteiger partial charge in [0.2, 0.25) is 0 Å². The Morgan fingerprint density at radius 1 is 1.17 bits per heavy atom. The van der Waals surface area contributed by atoms with Crippen molar-refractivity contribution < 1.29 is 17.9 Å². The first kappa shape index (κ1) is 25.1. The fraction of sp³-hybridized carbons (Fsp3) is 0.455. The molecule has 0 fully saturated rings. The quantitative estimate of drug-likeness (QED) is 0.338. The van der Waals surface area contributed by atoms with E-state index in [1.165, 1.54) is 24.3 Å². The van der Waals surface area contributed by atoms with Crippen LogP contribution in [0.3, 0.4) is 0 Å². The van der Waals surface area contributed by atoms with Gasteiger partial charge in [-0.2, -0.15) is 13.2 Å². The van der Waals surface area contributed by atoms with Crippen LogP contribution < -0.4 is 15.8 Å². The molecule has 162 valence electrons. The van der Waals surface area contributed by atoms with Gasteiger partial charge in [-0.3, -0.25) is 0 Å². The van der Waals surface area contributed by atoms with E-state index in [1.807, 2.05) is 6.92 Å². The summed E-state index contributed by atoms with van der Waals surface area (Å²) in [5.41, 5.74) is 7.35. The summed E-state index contributed by atoms with van der Waals surface area (Å²) in [6.45, 7) is 9.07. The average Bonchev–Trinajstić information content (AvgIpc) is 2.63. The Bertz CT molecular complexity index is 775. The van der Waals surface area contributed by atoms with E-state index in [1.54, 1.807) is 0 Å². The van der Waals surface area contributed by atoms with Crippen LogP contribution in [0.25, 0.3) is 0 Å². The molecule has 3 N–H and O–H groups in total. The minimum Gasteiger partial charge on any atom is -0.494 e. The van der Waals surface area contributed by atoms with Crippen LogP contribution in [0.15, 0.2) is 34.8 Å². The summed E-state index contributed by atoms with van der Waals surface area (Å²) >= 11 is 2.88. The Hall–Kier alpha value is -1.89. The first-order valence-electron chi connectivity index (χ1n) is 9.56. The molecular weight excluding hydrogens is 445 g/mol. The van der Waals surface area contributed by atoms with Crippen molar-refractivity contribution in [1.82, 2.24) is 0 Å². The molecule has 0 saturated carbocycles. The van der Waals surface area contributed by atoms with Crippen molar-refractivity contribution in [3.63, 3.8) is 0 Å². The Balaban J connectivity index is 0.000000352. The van der Waals surface area contributed by atoms with E-state index in [9.17, 15) is 13.2 Å². The molecule has 0 aliphatic rings. The fourth-order valence-electron chi connectivity index (χ4n) is 2.62. The standard InChI is InChI=1S/C12H16BrF3N2O.C10H14/c1-3-4-5-18-11-8(19-2)6-7(13)9(10(11)17)12(14,15)16;1-8(2)10-6-4-9(3)5-7-10/h6,18H,3-5,17H2,1-2H3;4-8H,1-3H3.